The molecule has 1 aromatic rings. The van der Waals surface area contributed by atoms with E-state index in [0.717, 1.165) is 25.0 Å². The Hall–Kier alpha value is -1.35. The van der Waals surface area contributed by atoms with Crippen LogP contribution >= 0.6 is 0 Å². The van der Waals surface area contributed by atoms with E-state index in [1.807, 2.05) is 10.6 Å². The summed E-state index contributed by atoms with van der Waals surface area (Å²) in [5, 5.41) is 3.45. The summed E-state index contributed by atoms with van der Waals surface area (Å²) in [7, 11) is 0. The third-order valence-electron chi connectivity index (χ3n) is 3.85. The number of aromatic nitrogens is 1. The average molecular weight is 244 g/mol. The molecule has 0 atom stereocenters. The highest BCUT2D eigenvalue weighted by Crippen LogP contribution is 2.21. The van der Waals surface area contributed by atoms with Gasteiger partial charge in [-0.1, -0.05) is 12.6 Å². The van der Waals surface area contributed by atoms with Crippen LogP contribution in [0.3, 0.4) is 0 Å². The van der Waals surface area contributed by atoms with Gasteiger partial charge in [0.15, 0.2) is 0 Å². The lowest BCUT2D eigenvalue weighted by Crippen LogP contribution is -2.27. The molecule has 1 saturated carbocycles. The van der Waals surface area contributed by atoms with E-state index >= 15 is 0 Å². The number of rotatable bonds is 5. The van der Waals surface area contributed by atoms with Crippen LogP contribution in [0.1, 0.15) is 30.5 Å². The van der Waals surface area contributed by atoms with Crippen molar-refractivity contribution < 1.29 is 0 Å². The number of aryl methyl sites for hydroxylation is 1. The molecule has 0 amide bonds. The zero-order chi connectivity index (χ0) is 12.5. The van der Waals surface area contributed by atoms with Crippen LogP contribution in [0.25, 0.3) is 0 Å². The molecule has 18 heavy (non-hydrogen) atoms. The molecule has 2 aliphatic rings. The van der Waals surface area contributed by atoms with Crippen molar-refractivity contribution in [3.05, 3.63) is 45.9 Å². The van der Waals surface area contributed by atoms with Gasteiger partial charge in [0.25, 0.3) is 5.56 Å². The van der Waals surface area contributed by atoms with Crippen molar-refractivity contribution in [2.24, 2.45) is 0 Å². The molecule has 3 nitrogen and oxygen atoms in total. The summed E-state index contributed by atoms with van der Waals surface area (Å²) in [4.78, 5) is 12.0. The van der Waals surface area contributed by atoms with Crippen molar-refractivity contribution in [2.75, 3.05) is 6.54 Å². The van der Waals surface area contributed by atoms with Crippen molar-refractivity contribution >= 4 is 0 Å². The van der Waals surface area contributed by atoms with Gasteiger partial charge in [-0.3, -0.25) is 4.79 Å². The van der Waals surface area contributed by atoms with Crippen molar-refractivity contribution in [1.82, 2.24) is 9.88 Å². The first kappa shape index (κ1) is 11.7. The van der Waals surface area contributed by atoms with Crippen molar-refractivity contribution in [3.8, 4) is 0 Å². The van der Waals surface area contributed by atoms with Crippen LogP contribution in [0.2, 0.25) is 0 Å². The Balaban J connectivity index is 1.73. The summed E-state index contributed by atoms with van der Waals surface area (Å²) in [5.74, 6) is 0. The fraction of sp³-hybridized carbons (Fsp3) is 0.533. The van der Waals surface area contributed by atoms with E-state index in [9.17, 15) is 4.79 Å². The van der Waals surface area contributed by atoms with E-state index in [-0.39, 0.29) is 5.56 Å². The lowest BCUT2D eigenvalue weighted by atomic mass is 10.2. The number of pyridine rings is 1. The van der Waals surface area contributed by atoms with Crippen LogP contribution in [-0.4, -0.2) is 17.2 Å². The van der Waals surface area contributed by atoms with Crippen LogP contribution in [0.5, 0.6) is 0 Å². The van der Waals surface area contributed by atoms with E-state index in [4.69, 9.17) is 0 Å². The third kappa shape index (κ3) is 2.41. The molecule has 96 valence electrons. The van der Waals surface area contributed by atoms with Crippen molar-refractivity contribution in [2.45, 2.75) is 44.7 Å². The Bertz CT molecular complexity index is 526. The van der Waals surface area contributed by atoms with E-state index in [2.05, 4.69) is 11.9 Å². The highest BCUT2D eigenvalue weighted by Gasteiger charge is 2.20. The third-order valence-corrected chi connectivity index (χ3v) is 3.85. The molecule has 3 heteroatoms. The first-order chi connectivity index (χ1) is 8.74. The SMILES string of the molecule is C=C(CNC1CC1)Cn1c2c(ccc1=O)CCC2. The minimum Gasteiger partial charge on any atom is -0.310 e. The molecular weight excluding hydrogens is 224 g/mol. The van der Waals surface area contributed by atoms with E-state index in [1.165, 1.54) is 30.5 Å². The largest absolute Gasteiger partial charge is 0.310 e. The second kappa shape index (κ2) is 4.73. The summed E-state index contributed by atoms with van der Waals surface area (Å²) < 4.78 is 1.92. The van der Waals surface area contributed by atoms with Crippen LogP contribution in [0, 0.1) is 0 Å². The molecule has 3 rings (SSSR count). The quantitative estimate of drug-likeness (QED) is 0.799. The monoisotopic (exact) mass is 244 g/mol. The molecule has 0 aliphatic heterocycles. The molecule has 1 N–H and O–H groups in total. The van der Waals surface area contributed by atoms with Crippen molar-refractivity contribution in [3.63, 3.8) is 0 Å². The van der Waals surface area contributed by atoms with Crippen LogP contribution in [0.15, 0.2) is 29.1 Å². The number of fused-ring (bicyclic) bond motifs is 1. The standard InChI is InChI=1S/C15H20N2O/c1-11(9-16-13-6-7-13)10-17-14-4-2-3-12(14)5-8-15(17)18/h5,8,13,16H,1-4,6-7,9-10H2. The van der Waals surface area contributed by atoms with Crippen molar-refractivity contribution in [1.29, 1.82) is 0 Å². The van der Waals surface area contributed by atoms with Crippen LogP contribution in [-0.2, 0) is 19.4 Å². The van der Waals surface area contributed by atoms with E-state index in [1.54, 1.807) is 6.07 Å². The zero-order valence-corrected chi connectivity index (χ0v) is 10.7. The minimum atomic E-state index is 0.114. The molecule has 0 spiro atoms. The Morgan fingerprint density at radius 1 is 1.39 bits per heavy atom. The summed E-state index contributed by atoms with van der Waals surface area (Å²) in [6.07, 6.45) is 5.89. The van der Waals surface area contributed by atoms with Crippen LogP contribution in [0.4, 0.5) is 0 Å². The van der Waals surface area contributed by atoms with Gasteiger partial charge >= 0.3 is 0 Å². The van der Waals surface area contributed by atoms with Gasteiger partial charge in [-0.15, -0.1) is 0 Å². The summed E-state index contributed by atoms with van der Waals surface area (Å²) in [5.41, 5.74) is 3.79. The van der Waals surface area contributed by atoms with Gasteiger partial charge in [0.1, 0.15) is 0 Å². The van der Waals surface area contributed by atoms with Gasteiger partial charge in [-0.25, -0.2) is 0 Å². The summed E-state index contributed by atoms with van der Waals surface area (Å²) >= 11 is 0. The summed E-state index contributed by atoms with van der Waals surface area (Å²) in [6, 6.07) is 4.39. The highest BCUT2D eigenvalue weighted by atomic mass is 16.1. The lowest BCUT2D eigenvalue weighted by molar-refractivity contribution is 0.650. The fourth-order valence-electron chi connectivity index (χ4n) is 2.66. The van der Waals surface area contributed by atoms with Gasteiger partial charge in [0, 0.05) is 30.9 Å². The molecule has 0 saturated heterocycles. The molecule has 1 aromatic heterocycles. The van der Waals surface area contributed by atoms with Gasteiger partial charge in [-0.05, 0) is 43.2 Å². The maximum Gasteiger partial charge on any atom is 0.251 e. The topological polar surface area (TPSA) is 34.0 Å². The molecule has 0 bridgehead atoms. The normalized spacial score (nSPS) is 17.8. The highest BCUT2D eigenvalue weighted by molar-refractivity contribution is 5.26. The van der Waals surface area contributed by atoms with E-state index < -0.39 is 0 Å². The first-order valence-corrected chi connectivity index (χ1v) is 6.85. The fourth-order valence-corrected chi connectivity index (χ4v) is 2.66. The lowest BCUT2D eigenvalue weighted by Gasteiger charge is -2.14. The van der Waals surface area contributed by atoms with Gasteiger partial charge in [0.05, 0.1) is 0 Å². The average Bonchev–Trinajstić information content (AvgIpc) is 3.07. The zero-order valence-electron chi connectivity index (χ0n) is 10.7. The predicted molar refractivity (Wildman–Crippen MR) is 72.9 cm³/mol. The number of hydrogen-bond donors (Lipinski definition) is 1. The molecule has 1 fully saturated rings. The van der Waals surface area contributed by atoms with Gasteiger partial charge in [0.2, 0.25) is 0 Å². The molecule has 0 radical (unpaired) electrons. The molecule has 1 heterocycles. The van der Waals surface area contributed by atoms with E-state index in [0.29, 0.717) is 12.6 Å². The van der Waals surface area contributed by atoms with Gasteiger partial charge < -0.3 is 9.88 Å². The Morgan fingerprint density at radius 3 is 3.00 bits per heavy atom. The maximum absolute atomic E-state index is 12.0. The molecule has 2 aliphatic carbocycles. The smallest absolute Gasteiger partial charge is 0.251 e. The molecular formula is C15H20N2O. The summed E-state index contributed by atoms with van der Waals surface area (Å²) in [6.45, 7) is 5.60. The van der Waals surface area contributed by atoms with Crippen LogP contribution < -0.4 is 10.9 Å². The molecule has 0 aromatic carbocycles. The Labute approximate surface area is 108 Å². The predicted octanol–water partition coefficient (Wildman–Crippen LogP) is 1.65. The number of hydrogen-bond acceptors (Lipinski definition) is 2. The molecule has 0 unspecified atom stereocenters. The number of nitrogens with zero attached hydrogens (tertiary/aromatic N) is 1. The van der Waals surface area contributed by atoms with Gasteiger partial charge in [-0.2, -0.15) is 0 Å². The maximum atomic E-state index is 12.0. The number of nitrogens with one attached hydrogen (secondary N) is 1. The second-order valence-corrected chi connectivity index (χ2v) is 5.49. The second-order valence-electron chi connectivity index (χ2n) is 5.49. The first-order valence-electron chi connectivity index (χ1n) is 6.85. The minimum absolute atomic E-state index is 0.114. The Morgan fingerprint density at radius 2 is 2.22 bits per heavy atom. The Kier molecular flexibility index (Phi) is 3.08.